The molecule has 0 bridgehead atoms. The Morgan fingerprint density at radius 3 is 2.58 bits per heavy atom. The van der Waals surface area contributed by atoms with Gasteiger partial charge in [0.2, 0.25) is 0 Å². The Bertz CT molecular complexity index is 1420. The second-order valence-electron chi connectivity index (χ2n) is 12.5. The fourth-order valence-corrected chi connectivity index (χ4v) is 5.76. The minimum atomic E-state index is -0.970. The van der Waals surface area contributed by atoms with E-state index >= 15 is 0 Å². The van der Waals surface area contributed by atoms with Gasteiger partial charge in [0.05, 0.1) is 13.1 Å². The van der Waals surface area contributed by atoms with E-state index in [0.29, 0.717) is 37.5 Å². The number of aromatic nitrogens is 2. The van der Waals surface area contributed by atoms with E-state index in [1.165, 1.54) is 4.90 Å². The molecule has 2 aromatic carbocycles. The van der Waals surface area contributed by atoms with E-state index in [9.17, 15) is 9.59 Å². The first-order valence-electron chi connectivity index (χ1n) is 14.2. The van der Waals surface area contributed by atoms with Crippen LogP contribution in [0.25, 0.3) is 0 Å². The number of hydrogen-bond donors (Lipinski definition) is 2. The van der Waals surface area contributed by atoms with Crippen LogP contribution in [-0.4, -0.2) is 43.7 Å². The van der Waals surface area contributed by atoms with Crippen molar-refractivity contribution in [3.63, 3.8) is 0 Å². The van der Waals surface area contributed by atoms with E-state index in [2.05, 4.69) is 49.5 Å². The summed E-state index contributed by atoms with van der Waals surface area (Å²) in [6.45, 7) is 12.6. The lowest BCUT2D eigenvalue weighted by atomic mass is 9.82. The summed E-state index contributed by atoms with van der Waals surface area (Å²) in [7, 11) is 0. The summed E-state index contributed by atoms with van der Waals surface area (Å²) < 4.78 is 2.08. The molecule has 3 aromatic rings. The van der Waals surface area contributed by atoms with Crippen molar-refractivity contribution in [3.8, 4) is 0 Å². The summed E-state index contributed by atoms with van der Waals surface area (Å²) in [5.41, 5.74) is 2.09. The van der Waals surface area contributed by atoms with Crippen molar-refractivity contribution in [2.45, 2.75) is 78.0 Å². The highest BCUT2D eigenvalue weighted by Crippen LogP contribution is 2.36. The lowest BCUT2D eigenvalue weighted by Crippen LogP contribution is -2.44. The van der Waals surface area contributed by atoms with E-state index in [-0.39, 0.29) is 29.7 Å². The number of rotatable bonds is 7. The van der Waals surface area contributed by atoms with Crippen LogP contribution in [0.4, 0.5) is 0 Å². The predicted octanol–water partition coefficient (Wildman–Crippen LogP) is 5.03. The second-order valence-corrected chi connectivity index (χ2v) is 12.5. The van der Waals surface area contributed by atoms with Gasteiger partial charge in [0, 0.05) is 31.0 Å². The number of hydrogen-bond acceptors (Lipinski definition) is 4. The molecular formula is C32H40N6O2. The standard InChI is InChI=1S/C32H40N6O2/c1-22(2)13-14-32(24-9-7-6-8-10-24)29(40)38(30(33)35-32)20-23-11-12-26(31(3,4)5)25(19-23)28(39)37-18-17-36-16-15-34-27(36)21-37/h6-12,15-16,19,22H,13-14,17-18,20-21H2,1-5H3,(H2,33,35)/t32-/m1/s1. The molecule has 0 spiro atoms. The number of amides is 2. The van der Waals surface area contributed by atoms with Crippen LogP contribution >= 0.6 is 0 Å². The fourth-order valence-electron chi connectivity index (χ4n) is 5.76. The molecule has 0 saturated carbocycles. The Morgan fingerprint density at radius 1 is 1.12 bits per heavy atom. The van der Waals surface area contributed by atoms with Crippen LogP contribution in [0.5, 0.6) is 0 Å². The second kappa shape index (κ2) is 10.6. The quantitative estimate of drug-likeness (QED) is 0.439. The zero-order valence-corrected chi connectivity index (χ0v) is 24.2. The minimum absolute atomic E-state index is 0.0301. The number of benzene rings is 2. The molecule has 2 N–H and O–H groups in total. The molecule has 1 fully saturated rings. The molecule has 40 heavy (non-hydrogen) atoms. The maximum atomic E-state index is 14.1. The monoisotopic (exact) mass is 540 g/mol. The van der Waals surface area contributed by atoms with Crippen LogP contribution in [-0.2, 0) is 35.4 Å². The number of carbonyl (C=O) groups is 2. The van der Waals surface area contributed by atoms with Crippen molar-refractivity contribution < 1.29 is 9.59 Å². The molecule has 1 aromatic heterocycles. The number of nitrogens with zero attached hydrogens (tertiary/aromatic N) is 4. The van der Waals surface area contributed by atoms with Gasteiger partial charge in [0.15, 0.2) is 5.96 Å². The molecule has 3 heterocycles. The Kier molecular flexibility index (Phi) is 7.29. The van der Waals surface area contributed by atoms with Crippen LogP contribution in [0.3, 0.4) is 0 Å². The molecule has 210 valence electrons. The van der Waals surface area contributed by atoms with Gasteiger partial charge in [-0.15, -0.1) is 0 Å². The number of carbonyl (C=O) groups excluding carboxylic acids is 2. The molecule has 2 aliphatic rings. The Morgan fingerprint density at radius 2 is 1.88 bits per heavy atom. The highest BCUT2D eigenvalue weighted by atomic mass is 16.2. The summed E-state index contributed by atoms with van der Waals surface area (Å²) in [6, 6.07) is 15.6. The van der Waals surface area contributed by atoms with Crippen molar-refractivity contribution in [1.82, 2.24) is 24.7 Å². The van der Waals surface area contributed by atoms with Gasteiger partial charge >= 0.3 is 0 Å². The predicted molar refractivity (Wildman–Crippen MR) is 156 cm³/mol. The molecule has 1 saturated heterocycles. The van der Waals surface area contributed by atoms with Gasteiger partial charge in [-0.25, -0.2) is 4.98 Å². The van der Waals surface area contributed by atoms with Gasteiger partial charge < -0.3 is 14.8 Å². The molecule has 1 atom stereocenters. The zero-order valence-electron chi connectivity index (χ0n) is 24.2. The summed E-state index contributed by atoms with van der Waals surface area (Å²) >= 11 is 0. The molecule has 5 rings (SSSR count). The van der Waals surface area contributed by atoms with Gasteiger partial charge in [-0.3, -0.25) is 19.9 Å². The van der Waals surface area contributed by atoms with Crippen LogP contribution in [0, 0.1) is 11.3 Å². The molecule has 0 radical (unpaired) electrons. The summed E-state index contributed by atoms with van der Waals surface area (Å²) in [5.74, 6) is 1.24. The molecule has 2 aliphatic heterocycles. The fraction of sp³-hybridized carbons (Fsp3) is 0.438. The maximum absolute atomic E-state index is 14.1. The highest BCUT2D eigenvalue weighted by molar-refractivity contribution is 6.08. The van der Waals surface area contributed by atoms with Crippen molar-refractivity contribution in [2.75, 3.05) is 6.54 Å². The van der Waals surface area contributed by atoms with E-state index in [4.69, 9.17) is 5.41 Å². The first-order chi connectivity index (χ1) is 19.0. The summed E-state index contributed by atoms with van der Waals surface area (Å²) in [4.78, 5) is 35.8. The van der Waals surface area contributed by atoms with Crippen LogP contribution in [0.2, 0.25) is 0 Å². The summed E-state index contributed by atoms with van der Waals surface area (Å²) in [5, 5.41) is 12.0. The molecule has 2 amide bonds. The lowest BCUT2D eigenvalue weighted by molar-refractivity contribution is -0.132. The smallest absolute Gasteiger partial charge is 0.260 e. The highest BCUT2D eigenvalue weighted by Gasteiger charge is 2.50. The molecule has 0 unspecified atom stereocenters. The van der Waals surface area contributed by atoms with E-state index < -0.39 is 5.54 Å². The molecule has 8 nitrogen and oxygen atoms in total. The van der Waals surface area contributed by atoms with Gasteiger partial charge in [0.1, 0.15) is 11.4 Å². The Balaban J connectivity index is 1.45. The van der Waals surface area contributed by atoms with Crippen molar-refractivity contribution in [3.05, 3.63) is 89.0 Å². The molecule has 0 aliphatic carbocycles. The van der Waals surface area contributed by atoms with E-state index in [1.54, 1.807) is 6.20 Å². The van der Waals surface area contributed by atoms with E-state index in [1.807, 2.05) is 59.6 Å². The average Bonchev–Trinajstić information content (AvgIpc) is 3.49. The third-order valence-corrected chi connectivity index (χ3v) is 8.07. The first-order valence-corrected chi connectivity index (χ1v) is 14.2. The van der Waals surface area contributed by atoms with Crippen LogP contribution in [0.1, 0.15) is 80.3 Å². The third kappa shape index (κ3) is 5.15. The van der Waals surface area contributed by atoms with Gasteiger partial charge in [-0.05, 0) is 46.9 Å². The SMILES string of the molecule is CC(C)CC[C@]1(c2ccccc2)NC(=N)N(Cc2ccc(C(C)(C)C)c(C(=O)N3CCn4ccnc4C3)c2)C1=O. The Hall–Kier alpha value is -3.94. The third-order valence-electron chi connectivity index (χ3n) is 8.07. The van der Waals surface area contributed by atoms with Gasteiger partial charge in [-0.2, -0.15) is 0 Å². The lowest BCUT2D eigenvalue weighted by Gasteiger charge is -2.31. The van der Waals surface area contributed by atoms with Crippen LogP contribution < -0.4 is 5.32 Å². The van der Waals surface area contributed by atoms with Crippen LogP contribution in [0.15, 0.2) is 60.9 Å². The number of nitrogens with one attached hydrogen (secondary N) is 2. The average molecular weight is 541 g/mol. The largest absolute Gasteiger partial charge is 0.338 e. The summed E-state index contributed by atoms with van der Waals surface area (Å²) in [6.07, 6.45) is 5.17. The normalized spacial score (nSPS) is 19.2. The van der Waals surface area contributed by atoms with Crippen molar-refractivity contribution in [1.29, 1.82) is 5.41 Å². The number of imidazole rings is 1. The van der Waals surface area contributed by atoms with Gasteiger partial charge in [-0.1, -0.05) is 77.1 Å². The first kappa shape index (κ1) is 27.6. The van der Waals surface area contributed by atoms with Crippen molar-refractivity contribution in [2.24, 2.45) is 5.92 Å². The zero-order chi connectivity index (χ0) is 28.7. The minimum Gasteiger partial charge on any atom is -0.338 e. The topological polar surface area (TPSA) is 94.3 Å². The Labute approximate surface area is 236 Å². The van der Waals surface area contributed by atoms with Gasteiger partial charge in [0.25, 0.3) is 11.8 Å². The number of fused-ring (bicyclic) bond motifs is 1. The number of guanidine groups is 1. The molecule has 8 heteroatoms. The van der Waals surface area contributed by atoms with E-state index in [0.717, 1.165) is 28.9 Å². The molecular weight excluding hydrogens is 500 g/mol. The maximum Gasteiger partial charge on any atom is 0.260 e. The van der Waals surface area contributed by atoms with Crippen molar-refractivity contribution >= 4 is 17.8 Å².